The Bertz CT molecular complexity index is 545. The molecule has 0 spiro atoms. The van der Waals surface area contributed by atoms with Gasteiger partial charge in [0.15, 0.2) is 0 Å². The van der Waals surface area contributed by atoms with E-state index in [-0.39, 0.29) is 12.6 Å². The summed E-state index contributed by atoms with van der Waals surface area (Å²) in [5.74, 6) is 0.920. The van der Waals surface area contributed by atoms with E-state index in [1.807, 2.05) is 0 Å². The van der Waals surface area contributed by atoms with Crippen LogP contribution in [0.2, 0.25) is 0 Å². The first-order valence-corrected chi connectivity index (χ1v) is 5.83. The number of nitrogens with one attached hydrogen (secondary N) is 1. The number of hydrogen-bond acceptors (Lipinski definition) is 5. The van der Waals surface area contributed by atoms with E-state index < -0.39 is 0 Å². The maximum absolute atomic E-state index is 11.3. The lowest BCUT2D eigenvalue weighted by Crippen LogP contribution is -2.02. The molecule has 2 aromatic rings. The Balaban J connectivity index is 1.94. The number of aliphatic hydroxyl groups is 1. The number of benzene rings is 1. The minimum atomic E-state index is -0.356. The van der Waals surface area contributed by atoms with Crippen molar-refractivity contribution >= 4 is 11.7 Å². The average Bonchev–Trinajstić information content (AvgIpc) is 2.93. The molecule has 0 fully saturated rings. The van der Waals surface area contributed by atoms with Crippen LogP contribution in [0.4, 0.5) is 5.69 Å². The smallest absolute Gasteiger partial charge is 0.337 e. The molecule has 0 saturated carbocycles. The van der Waals surface area contributed by atoms with E-state index in [0.29, 0.717) is 17.9 Å². The molecule has 0 bridgehead atoms. The fraction of sp³-hybridized carbons (Fsp3) is 0.214. The van der Waals surface area contributed by atoms with Gasteiger partial charge in [0.25, 0.3) is 0 Å². The van der Waals surface area contributed by atoms with E-state index in [9.17, 15) is 4.79 Å². The van der Waals surface area contributed by atoms with Crippen LogP contribution >= 0.6 is 0 Å². The lowest BCUT2D eigenvalue weighted by Gasteiger charge is -2.05. The summed E-state index contributed by atoms with van der Waals surface area (Å²) < 4.78 is 9.97. The largest absolute Gasteiger partial charge is 0.465 e. The van der Waals surface area contributed by atoms with Crippen LogP contribution in [0.1, 0.15) is 21.9 Å². The summed E-state index contributed by atoms with van der Waals surface area (Å²) in [6, 6.07) is 10.5. The van der Waals surface area contributed by atoms with Gasteiger partial charge in [-0.3, -0.25) is 0 Å². The molecule has 5 heteroatoms. The van der Waals surface area contributed by atoms with E-state index in [1.165, 1.54) is 7.11 Å². The normalized spacial score (nSPS) is 10.2. The van der Waals surface area contributed by atoms with Crippen LogP contribution < -0.4 is 5.32 Å². The molecule has 0 atom stereocenters. The molecule has 100 valence electrons. The van der Waals surface area contributed by atoms with Gasteiger partial charge in [0.05, 0.1) is 19.2 Å². The van der Waals surface area contributed by atoms with E-state index in [2.05, 4.69) is 10.1 Å². The van der Waals surface area contributed by atoms with Gasteiger partial charge in [-0.25, -0.2) is 4.79 Å². The van der Waals surface area contributed by atoms with Crippen molar-refractivity contribution in [2.24, 2.45) is 0 Å². The predicted molar refractivity (Wildman–Crippen MR) is 69.7 cm³/mol. The zero-order valence-corrected chi connectivity index (χ0v) is 10.6. The third-order valence-corrected chi connectivity index (χ3v) is 2.65. The number of methoxy groups -OCH3 is 1. The van der Waals surface area contributed by atoms with Gasteiger partial charge in [-0.05, 0) is 36.4 Å². The average molecular weight is 261 g/mol. The van der Waals surface area contributed by atoms with Crippen LogP contribution in [0.15, 0.2) is 40.8 Å². The molecule has 0 aliphatic carbocycles. The topological polar surface area (TPSA) is 71.7 Å². The summed E-state index contributed by atoms with van der Waals surface area (Å²) >= 11 is 0. The Morgan fingerprint density at radius 1 is 1.21 bits per heavy atom. The van der Waals surface area contributed by atoms with Crippen molar-refractivity contribution in [3.05, 3.63) is 53.5 Å². The quantitative estimate of drug-likeness (QED) is 0.807. The van der Waals surface area contributed by atoms with Crippen LogP contribution in [0.3, 0.4) is 0 Å². The first-order chi connectivity index (χ1) is 9.22. The first-order valence-electron chi connectivity index (χ1n) is 5.83. The summed E-state index contributed by atoms with van der Waals surface area (Å²) in [6.07, 6.45) is 0. The van der Waals surface area contributed by atoms with Crippen molar-refractivity contribution in [2.75, 3.05) is 12.4 Å². The van der Waals surface area contributed by atoms with Gasteiger partial charge in [-0.15, -0.1) is 0 Å². The van der Waals surface area contributed by atoms with Crippen LogP contribution in [-0.4, -0.2) is 18.2 Å². The van der Waals surface area contributed by atoms with Gasteiger partial charge in [0.1, 0.15) is 18.1 Å². The second kappa shape index (κ2) is 6.06. The number of aliphatic hydroxyl groups excluding tert-OH is 1. The maximum Gasteiger partial charge on any atom is 0.337 e. The van der Waals surface area contributed by atoms with E-state index in [0.717, 1.165) is 11.4 Å². The molecular formula is C14H15NO4. The van der Waals surface area contributed by atoms with Crippen LogP contribution in [0, 0.1) is 0 Å². The predicted octanol–water partition coefficient (Wildman–Crippen LogP) is 2.17. The van der Waals surface area contributed by atoms with Crippen LogP contribution in [0.25, 0.3) is 0 Å². The molecule has 1 heterocycles. The standard InChI is InChI=1S/C14H15NO4/c1-18-14(17)10-2-4-11(5-3-10)15-8-12-6-7-13(9-16)19-12/h2-7,15-16H,8-9H2,1H3. The fourth-order valence-corrected chi connectivity index (χ4v) is 1.63. The van der Waals surface area contributed by atoms with Crippen molar-refractivity contribution in [3.63, 3.8) is 0 Å². The summed E-state index contributed by atoms with van der Waals surface area (Å²) in [7, 11) is 1.35. The highest BCUT2D eigenvalue weighted by molar-refractivity contribution is 5.89. The van der Waals surface area contributed by atoms with Crippen molar-refractivity contribution in [1.82, 2.24) is 0 Å². The number of rotatable bonds is 5. The Morgan fingerprint density at radius 3 is 2.47 bits per heavy atom. The Kier molecular flexibility index (Phi) is 4.20. The molecule has 0 saturated heterocycles. The molecule has 5 nitrogen and oxygen atoms in total. The zero-order valence-electron chi connectivity index (χ0n) is 10.6. The van der Waals surface area contributed by atoms with Crippen molar-refractivity contribution < 1.29 is 19.1 Å². The Hall–Kier alpha value is -2.27. The molecule has 0 radical (unpaired) electrons. The van der Waals surface area contributed by atoms with Gasteiger partial charge in [-0.2, -0.15) is 0 Å². The molecule has 0 amide bonds. The first kappa shape index (κ1) is 13.2. The molecule has 19 heavy (non-hydrogen) atoms. The second-order valence-electron chi connectivity index (χ2n) is 3.95. The SMILES string of the molecule is COC(=O)c1ccc(NCc2ccc(CO)o2)cc1. The summed E-state index contributed by atoms with van der Waals surface area (Å²) in [6.45, 7) is 0.408. The van der Waals surface area contributed by atoms with Crippen LogP contribution in [-0.2, 0) is 17.9 Å². The van der Waals surface area contributed by atoms with Crippen LogP contribution in [0.5, 0.6) is 0 Å². The third kappa shape index (κ3) is 3.35. The molecule has 0 aliphatic heterocycles. The number of furan rings is 1. The second-order valence-corrected chi connectivity index (χ2v) is 3.95. The molecule has 2 N–H and O–H groups in total. The summed E-state index contributed by atoms with van der Waals surface area (Å²) in [4.78, 5) is 11.3. The van der Waals surface area contributed by atoms with Gasteiger partial charge >= 0.3 is 5.97 Å². The third-order valence-electron chi connectivity index (χ3n) is 2.65. The Morgan fingerprint density at radius 2 is 1.89 bits per heavy atom. The van der Waals surface area contributed by atoms with Gasteiger partial charge in [0.2, 0.25) is 0 Å². The molecular weight excluding hydrogens is 246 g/mol. The molecule has 0 aliphatic rings. The van der Waals surface area contributed by atoms with Gasteiger partial charge < -0.3 is 19.6 Å². The highest BCUT2D eigenvalue weighted by Crippen LogP contribution is 2.13. The van der Waals surface area contributed by atoms with E-state index in [4.69, 9.17) is 9.52 Å². The van der Waals surface area contributed by atoms with Crippen molar-refractivity contribution in [3.8, 4) is 0 Å². The van der Waals surface area contributed by atoms with Crippen molar-refractivity contribution in [1.29, 1.82) is 0 Å². The lowest BCUT2D eigenvalue weighted by atomic mass is 10.2. The summed E-state index contributed by atoms with van der Waals surface area (Å²) in [5.41, 5.74) is 1.38. The highest BCUT2D eigenvalue weighted by atomic mass is 16.5. The van der Waals surface area contributed by atoms with E-state index >= 15 is 0 Å². The lowest BCUT2D eigenvalue weighted by molar-refractivity contribution is 0.0601. The molecule has 0 unspecified atom stereocenters. The van der Waals surface area contributed by atoms with Gasteiger partial charge in [0, 0.05) is 5.69 Å². The number of ether oxygens (including phenoxy) is 1. The maximum atomic E-state index is 11.3. The fourth-order valence-electron chi connectivity index (χ4n) is 1.63. The highest BCUT2D eigenvalue weighted by Gasteiger charge is 2.05. The monoisotopic (exact) mass is 261 g/mol. The molecule has 2 rings (SSSR count). The number of carbonyl (C=O) groups is 1. The van der Waals surface area contributed by atoms with E-state index in [1.54, 1.807) is 36.4 Å². The summed E-state index contributed by atoms with van der Waals surface area (Å²) in [5, 5.41) is 12.0. The zero-order chi connectivity index (χ0) is 13.7. The number of hydrogen-bond donors (Lipinski definition) is 2. The number of anilines is 1. The minimum absolute atomic E-state index is 0.103. The van der Waals surface area contributed by atoms with Gasteiger partial charge in [-0.1, -0.05) is 0 Å². The number of esters is 1. The van der Waals surface area contributed by atoms with Crippen molar-refractivity contribution in [2.45, 2.75) is 13.2 Å². The number of carbonyl (C=O) groups excluding carboxylic acids is 1. The molecule has 1 aromatic heterocycles. The Labute approximate surface area is 110 Å². The minimum Gasteiger partial charge on any atom is -0.465 e. The molecule has 1 aromatic carbocycles.